The largest absolute Gasteiger partial charge is 0.340 e. The minimum Gasteiger partial charge on any atom is -0.340 e. The zero-order valence-electron chi connectivity index (χ0n) is 11.7. The molecule has 0 aromatic carbocycles. The fourth-order valence-electron chi connectivity index (χ4n) is 1.78. The molecule has 0 aliphatic heterocycles. The first kappa shape index (κ1) is 16.5. The normalized spacial score (nSPS) is 12.5. The van der Waals surface area contributed by atoms with Gasteiger partial charge in [0.15, 0.2) is 0 Å². The third kappa shape index (κ3) is 4.47. The smallest absolute Gasteiger partial charge is 0.263 e. The second-order valence-corrected chi connectivity index (χ2v) is 9.48. The van der Waals surface area contributed by atoms with Crippen molar-refractivity contribution in [1.82, 2.24) is 4.90 Å². The maximum atomic E-state index is 12.2. The Bertz CT molecular complexity index is 585. The van der Waals surface area contributed by atoms with Crippen LogP contribution in [0.3, 0.4) is 0 Å². The van der Waals surface area contributed by atoms with Gasteiger partial charge >= 0.3 is 0 Å². The molecule has 0 unspecified atom stereocenters. The number of carbonyl (C=O) groups excluding carboxylic acids is 1. The summed E-state index contributed by atoms with van der Waals surface area (Å²) in [5.74, 6) is -0.186. The Kier molecular flexibility index (Phi) is 4.70. The molecule has 19 heavy (non-hydrogen) atoms. The number of thiophene rings is 1. The van der Waals surface area contributed by atoms with E-state index in [-0.39, 0.29) is 16.2 Å². The van der Waals surface area contributed by atoms with Gasteiger partial charge in [-0.1, -0.05) is 20.8 Å². The standard InChI is InChI=1S/C12H18ClNO3S2/c1-8-10(19(13,16)17)6-9(18-8)11(15)14(5)7-12(2,3)4/h6H,7H2,1-5H3. The molecule has 1 amide bonds. The molecule has 0 N–H and O–H groups in total. The predicted molar refractivity (Wildman–Crippen MR) is 78.5 cm³/mol. The van der Waals surface area contributed by atoms with E-state index in [4.69, 9.17) is 10.7 Å². The van der Waals surface area contributed by atoms with Gasteiger partial charge in [-0.2, -0.15) is 0 Å². The van der Waals surface area contributed by atoms with E-state index in [9.17, 15) is 13.2 Å². The highest BCUT2D eigenvalue weighted by atomic mass is 35.7. The number of aryl methyl sites for hydroxylation is 1. The number of hydrogen-bond donors (Lipinski definition) is 0. The minimum absolute atomic E-state index is 0.0158. The lowest BCUT2D eigenvalue weighted by Crippen LogP contribution is -2.34. The van der Waals surface area contributed by atoms with E-state index in [1.807, 2.05) is 20.8 Å². The number of halogens is 1. The first-order valence-corrected chi connectivity index (χ1v) is 8.85. The first-order chi connectivity index (χ1) is 8.42. The third-order valence-electron chi connectivity index (χ3n) is 2.40. The molecule has 0 radical (unpaired) electrons. The van der Waals surface area contributed by atoms with Crippen LogP contribution in [0.5, 0.6) is 0 Å². The average molecular weight is 324 g/mol. The summed E-state index contributed by atoms with van der Waals surface area (Å²) in [6.07, 6.45) is 0. The summed E-state index contributed by atoms with van der Waals surface area (Å²) >= 11 is 1.15. The molecule has 7 heteroatoms. The van der Waals surface area contributed by atoms with Crippen LogP contribution < -0.4 is 0 Å². The molecule has 0 fully saturated rings. The van der Waals surface area contributed by atoms with E-state index in [1.165, 1.54) is 6.07 Å². The highest BCUT2D eigenvalue weighted by Crippen LogP contribution is 2.29. The maximum Gasteiger partial charge on any atom is 0.263 e. The zero-order valence-corrected chi connectivity index (χ0v) is 14.0. The van der Waals surface area contributed by atoms with Crippen molar-refractivity contribution in [2.45, 2.75) is 32.6 Å². The van der Waals surface area contributed by atoms with E-state index in [0.29, 0.717) is 16.3 Å². The highest BCUT2D eigenvalue weighted by molar-refractivity contribution is 8.13. The molecule has 0 spiro atoms. The van der Waals surface area contributed by atoms with Crippen LogP contribution >= 0.6 is 22.0 Å². The number of hydrogen-bond acceptors (Lipinski definition) is 4. The topological polar surface area (TPSA) is 54.5 Å². The number of carbonyl (C=O) groups is 1. The Hall–Kier alpha value is -0.590. The first-order valence-electron chi connectivity index (χ1n) is 5.72. The molecule has 0 saturated heterocycles. The Morgan fingerprint density at radius 3 is 2.32 bits per heavy atom. The molecule has 108 valence electrons. The number of nitrogens with zero attached hydrogens (tertiary/aromatic N) is 1. The van der Waals surface area contributed by atoms with E-state index in [0.717, 1.165) is 11.3 Å². The molecule has 0 atom stereocenters. The summed E-state index contributed by atoms with van der Waals surface area (Å²) in [7, 11) is 3.23. The minimum atomic E-state index is -3.80. The lowest BCUT2D eigenvalue weighted by Gasteiger charge is -2.26. The predicted octanol–water partition coefficient (Wildman–Crippen LogP) is 3.10. The van der Waals surface area contributed by atoms with Gasteiger partial charge < -0.3 is 4.90 Å². The fraction of sp³-hybridized carbons (Fsp3) is 0.583. The zero-order chi connectivity index (χ0) is 15.0. The highest BCUT2D eigenvalue weighted by Gasteiger charge is 2.24. The molecule has 0 bridgehead atoms. The van der Waals surface area contributed by atoms with Crippen LogP contribution in [0.25, 0.3) is 0 Å². The van der Waals surface area contributed by atoms with Gasteiger partial charge in [-0.3, -0.25) is 4.79 Å². The Balaban J connectivity index is 3.03. The molecule has 0 aliphatic carbocycles. The van der Waals surface area contributed by atoms with Crippen LogP contribution in [-0.2, 0) is 9.05 Å². The molecule has 1 aromatic rings. The van der Waals surface area contributed by atoms with Gasteiger partial charge in [-0.25, -0.2) is 8.42 Å². The van der Waals surface area contributed by atoms with Crippen molar-refractivity contribution in [3.63, 3.8) is 0 Å². The van der Waals surface area contributed by atoms with E-state index < -0.39 is 9.05 Å². The second kappa shape index (κ2) is 5.42. The molecular weight excluding hydrogens is 306 g/mol. The molecule has 4 nitrogen and oxygen atoms in total. The second-order valence-electron chi connectivity index (χ2n) is 5.69. The van der Waals surface area contributed by atoms with Crippen LogP contribution in [0.1, 0.15) is 35.3 Å². The SMILES string of the molecule is Cc1sc(C(=O)N(C)CC(C)(C)C)cc1S(=O)(=O)Cl. The van der Waals surface area contributed by atoms with E-state index in [1.54, 1.807) is 18.9 Å². The Labute approximate surface area is 122 Å². The van der Waals surface area contributed by atoms with Crippen molar-refractivity contribution in [3.8, 4) is 0 Å². The maximum absolute atomic E-state index is 12.2. The van der Waals surface area contributed by atoms with Crippen LogP contribution in [0.2, 0.25) is 0 Å². The summed E-state index contributed by atoms with van der Waals surface area (Å²) in [5.41, 5.74) is -0.0158. The van der Waals surface area contributed by atoms with Crippen LogP contribution in [0.15, 0.2) is 11.0 Å². The summed E-state index contributed by atoms with van der Waals surface area (Å²) in [6.45, 7) is 8.33. The van der Waals surface area contributed by atoms with Gasteiger partial charge in [0.05, 0.1) is 9.77 Å². The van der Waals surface area contributed by atoms with Crippen molar-refractivity contribution in [1.29, 1.82) is 0 Å². The summed E-state index contributed by atoms with van der Waals surface area (Å²) in [6, 6.07) is 1.35. The van der Waals surface area contributed by atoms with Gasteiger partial charge in [0.25, 0.3) is 15.0 Å². The summed E-state index contributed by atoms with van der Waals surface area (Å²) < 4.78 is 22.7. The molecule has 1 heterocycles. The van der Waals surface area contributed by atoms with Crippen LogP contribution in [0.4, 0.5) is 0 Å². The Morgan fingerprint density at radius 2 is 1.95 bits per heavy atom. The van der Waals surface area contributed by atoms with Crippen LogP contribution in [0, 0.1) is 12.3 Å². The summed E-state index contributed by atoms with van der Waals surface area (Å²) in [5, 5.41) is 0. The molecular formula is C12H18ClNO3S2. The molecule has 0 aliphatic rings. The monoisotopic (exact) mass is 323 g/mol. The van der Waals surface area contributed by atoms with Gasteiger partial charge in [-0.05, 0) is 18.4 Å². The average Bonchev–Trinajstić information content (AvgIpc) is 2.55. The lowest BCUT2D eigenvalue weighted by atomic mass is 9.96. The van der Waals surface area contributed by atoms with Gasteiger partial charge in [0, 0.05) is 29.2 Å². The Morgan fingerprint density at radius 1 is 1.42 bits per heavy atom. The van der Waals surface area contributed by atoms with Gasteiger partial charge in [0.2, 0.25) is 0 Å². The van der Waals surface area contributed by atoms with Crippen molar-refractivity contribution in [2.24, 2.45) is 5.41 Å². The lowest BCUT2D eigenvalue weighted by molar-refractivity contribution is 0.0750. The molecule has 1 aromatic heterocycles. The van der Waals surface area contributed by atoms with Gasteiger partial charge in [0.1, 0.15) is 0 Å². The van der Waals surface area contributed by atoms with Crippen molar-refractivity contribution >= 4 is 37.0 Å². The van der Waals surface area contributed by atoms with Crippen molar-refractivity contribution in [2.75, 3.05) is 13.6 Å². The quantitative estimate of drug-likeness (QED) is 0.803. The van der Waals surface area contributed by atoms with E-state index >= 15 is 0 Å². The summed E-state index contributed by atoms with van der Waals surface area (Å²) in [4.78, 5) is 14.7. The molecule has 1 rings (SSSR count). The van der Waals surface area contributed by atoms with E-state index in [2.05, 4.69) is 0 Å². The number of amides is 1. The van der Waals surface area contributed by atoms with Crippen molar-refractivity contribution in [3.05, 3.63) is 15.8 Å². The number of rotatable bonds is 3. The van der Waals surface area contributed by atoms with Crippen LogP contribution in [-0.4, -0.2) is 32.8 Å². The van der Waals surface area contributed by atoms with Gasteiger partial charge in [-0.15, -0.1) is 11.3 Å². The van der Waals surface area contributed by atoms with Crippen molar-refractivity contribution < 1.29 is 13.2 Å². The third-order valence-corrected chi connectivity index (χ3v) is 5.02. The fourth-order valence-corrected chi connectivity index (χ4v) is 4.44. The molecule has 0 saturated carbocycles.